The SMILES string of the molecule is COC(=O)CNC(=O)C1CC2CCC1C2. The molecule has 2 saturated carbocycles. The molecule has 0 spiro atoms. The van der Waals surface area contributed by atoms with Crippen LogP contribution < -0.4 is 5.32 Å². The third-order valence-corrected chi connectivity index (χ3v) is 3.71. The Morgan fingerprint density at radius 2 is 2.13 bits per heavy atom. The molecule has 2 rings (SSSR count). The second-order valence-corrected chi connectivity index (χ2v) is 4.58. The van der Waals surface area contributed by atoms with Gasteiger partial charge in [-0.05, 0) is 31.1 Å². The van der Waals surface area contributed by atoms with Gasteiger partial charge in [0.05, 0.1) is 7.11 Å². The number of ether oxygens (including phenoxy) is 1. The monoisotopic (exact) mass is 211 g/mol. The van der Waals surface area contributed by atoms with Crippen LogP contribution in [0.15, 0.2) is 0 Å². The van der Waals surface area contributed by atoms with Crippen LogP contribution in [-0.2, 0) is 14.3 Å². The summed E-state index contributed by atoms with van der Waals surface area (Å²) in [4.78, 5) is 22.6. The third-order valence-electron chi connectivity index (χ3n) is 3.71. The Bertz CT molecular complexity index is 277. The topological polar surface area (TPSA) is 55.4 Å². The number of esters is 1. The van der Waals surface area contributed by atoms with Crippen LogP contribution in [0.4, 0.5) is 0 Å². The van der Waals surface area contributed by atoms with Crippen molar-refractivity contribution in [3.63, 3.8) is 0 Å². The molecule has 2 bridgehead atoms. The van der Waals surface area contributed by atoms with E-state index in [2.05, 4.69) is 10.1 Å². The van der Waals surface area contributed by atoms with E-state index < -0.39 is 0 Å². The van der Waals surface area contributed by atoms with Crippen LogP contribution in [0, 0.1) is 17.8 Å². The molecule has 2 fully saturated rings. The molecular formula is C11H17NO3. The molecule has 0 radical (unpaired) electrons. The van der Waals surface area contributed by atoms with Gasteiger partial charge in [0.2, 0.25) is 5.91 Å². The number of hydrogen-bond acceptors (Lipinski definition) is 3. The lowest BCUT2D eigenvalue weighted by Gasteiger charge is -2.20. The Morgan fingerprint density at radius 3 is 2.67 bits per heavy atom. The van der Waals surface area contributed by atoms with E-state index in [1.54, 1.807) is 0 Å². The first-order valence-corrected chi connectivity index (χ1v) is 5.55. The summed E-state index contributed by atoms with van der Waals surface area (Å²) in [6.45, 7) is 0.00319. The molecule has 15 heavy (non-hydrogen) atoms. The fraction of sp³-hybridized carbons (Fsp3) is 0.818. The number of amides is 1. The van der Waals surface area contributed by atoms with Crippen LogP contribution in [0.5, 0.6) is 0 Å². The standard InChI is InChI=1S/C11H17NO3/c1-15-10(13)6-12-11(14)9-5-7-2-3-8(9)4-7/h7-9H,2-6H2,1H3,(H,12,14). The van der Waals surface area contributed by atoms with Crippen molar-refractivity contribution in [3.8, 4) is 0 Å². The van der Waals surface area contributed by atoms with Gasteiger partial charge in [0.25, 0.3) is 0 Å². The Balaban J connectivity index is 1.79. The molecule has 3 atom stereocenters. The third kappa shape index (κ3) is 2.13. The smallest absolute Gasteiger partial charge is 0.325 e. The minimum atomic E-state index is -0.383. The molecule has 4 heteroatoms. The van der Waals surface area contributed by atoms with E-state index in [1.807, 2.05) is 0 Å². The van der Waals surface area contributed by atoms with Crippen molar-refractivity contribution in [2.45, 2.75) is 25.7 Å². The second kappa shape index (κ2) is 4.21. The van der Waals surface area contributed by atoms with Crippen LogP contribution in [-0.4, -0.2) is 25.5 Å². The van der Waals surface area contributed by atoms with Crippen molar-refractivity contribution < 1.29 is 14.3 Å². The number of nitrogens with one attached hydrogen (secondary N) is 1. The molecule has 0 aromatic heterocycles. The lowest BCUT2D eigenvalue weighted by molar-refractivity contribution is -0.141. The summed E-state index contributed by atoms with van der Waals surface area (Å²) in [6.07, 6.45) is 4.68. The Morgan fingerprint density at radius 1 is 1.33 bits per heavy atom. The fourth-order valence-corrected chi connectivity index (χ4v) is 2.93. The lowest BCUT2D eigenvalue weighted by atomic mass is 9.88. The van der Waals surface area contributed by atoms with Gasteiger partial charge in [-0.15, -0.1) is 0 Å². The normalized spacial score (nSPS) is 32.7. The maximum atomic E-state index is 11.7. The van der Waals surface area contributed by atoms with Crippen molar-refractivity contribution >= 4 is 11.9 Å². The first-order valence-electron chi connectivity index (χ1n) is 5.55. The van der Waals surface area contributed by atoms with Crippen LogP contribution in [0.2, 0.25) is 0 Å². The Labute approximate surface area is 89.4 Å². The highest BCUT2D eigenvalue weighted by molar-refractivity contribution is 5.84. The zero-order valence-corrected chi connectivity index (χ0v) is 8.99. The second-order valence-electron chi connectivity index (χ2n) is 4.58. The van der Waals surface area contributed by atoms with E-state index in [-0.39, 0.29) is 24.3 Å². The summed E-state index contributed by atoms with van der Waals surface area (Å²) >= 11 is 0. The molecule has 2 aliphatic rings. The molecule has 2 aliphatic carbocycles. The summed E-state index contributed by atoms with van der Waals surface area (Å²) in [5, 5.41) is 2.65. The Kier molecular flexibility index (Phi) is 2.93. The maximum Gasteiger partial charge on any atom is 0.325 e. The largest absolute Gasteiger partial charge is 0.468 e. The van der Waals surface area contributed by atoms with E-state index in [4.69, 9.17) is 0 Å². The number of methoxy groups -OCH3 is 1. The number of hydrogen-bond donors (Lipinski definition) is 1. The molecule has 0 aromatic carbocycles. The van der Waals surface area contributed by atoms with E-state index in [0.717, 1.165) is 12.3 Å². The minimum Gasteiger partial charge on any atom is -0.468 e. The molecule has 4 nitrogen and oxygen atoms in total. The molecular weight excluding hydrogens is 194 g/mol. The van der Waals surface area contributed by atoms with Gasteiger partial charge < -0.3 is 10.1 Å². The predicted octanol–water partition coefficient (Wildman–Crippen LogP) is 0.712. The first kappa shape index (κ1) is 10.5. The predicted molar refractivity (Wildman–Crippen MR) is 54.0 cm³/mol. The molecule has 1 N–H and O–H groups in total. The van der Waals surface area contributed by atoms with E-state index >= 15 is 0 Å². The zero-order chi connectivity index (χ0) is 10.8. The van der Waals surface area contributed by atoms with Gasteiger partial charge in [-0.3, -0.25) is 9.59 Å². The molecule has 0 aromatic rings. The molecule has 0 heterocycles. The summed E-state index contributed by atoms with van der Waals surface area (Å²) < 4.78 is 4.47. The van der Waals surface area contributed by atoms with Gasteiger partial charge in [-0.2, -0.15) is 0 Å². The van der Waals surface area contributed by atoms with Crippen molar-refractivity contribution in [1.82, 2.24) is 5.32 Å². The van der Waals surface area contributed by atoms with Gasteiger partial charge in [0.1, 0.15) is 6.54 Å². The highest BCUT2D eigenvalue weighted by atomic mass is 16.5. The highest BCUT2D eigenvalue weighted by Crippen LogP contribution is 2.48. The maximum absolute atomic E-state index is 11.7. The molecule has 1 amide bonds. The zero-order valence-electron chi connectivity index (χ0n) is 8.99. The Hall–Kier alpha value is -1.06. The van der Waals surface area contributed by atoms with Gasteiger partial charge in [-0.1, -0.05) is 6.42 Å². The van der Waals surface area contributed by atoms with Crippen molar-refractivity contribution in [1.29, 1.82) is 0 Å². The van der Waals surface area contributed by atoms with Crippen molar-refractivity contribution in [2.75, 3.05) is 13.7 Å². The summed E-state index contributed by atoms with van der Waals surface area (Å²) in [7, 11) is 1.33. The number of carbonyl (C=O) groups is 2. The van der Waals surface area contributed by atoms with Crippen molar-refractivity contribution in [2.24, 2.45) is 17.8 Å². The molecule has 0 aliphatic heterocycles. The van der Waals surface area contributed by atoms with Crippen molar-refractivity contribution in [3.05, 3.63) is 0 Å². The van der Waals surface area contributed by atoms with E-state index in [0.29, 0.717) is 5.92 Å². The van der Waals surface area contributed by atoms with Crippen LogP contribution in [0.3, 0.4) is 0 Å². The van der Waals surface area contributed by atoms with Gasteiger partial charge >= 0.3 is 5.97 Å². The average Bonchev–Trinajstić information content (AvgIpc) is 2.86. The lowest BCUT2D eigenvalue weighted by Crippen LogP contribution is -2.37. The number of fused-ring (bicyclic) bond motifs is 2. The summed E-state index contributed by atoms with van der Waals surface area (Å²) in [5.74, 6) is 1.11. The van der Waals surface area contributed by atoms with Gasteiger partial charge in [0.15, 0.2) is 0 Å². The van der Waals surface area contributed by atoms with E-state index in [1.165, 1.54) is 26.4 Å². The number of rotatable bonds is 3. The van der Waals surface area contributed by atoms with Crippen LogP contribution in [0.25, 0.3) is 0 Å². The molecule has 3 unspecified atom stereocenters. The minimum absolute atomic E-state index is 0.00319. The van der Waals surface area contributed by atoms with Crippen LogP contribution in [0.1, 0.15) is 25.7 Å². The number of carbonyl (C=O) groups excluding carboxylic acids is 2. The van der Waals surface area contributed by atoms with Crippen LogP contribution >= 0.6 is 0 Å². The molecule has 84 valence electrons. The average molecular weight is 211 g/mol. The quantitative estimate of drug-likeness (QED) is 0.699. The van der Waals surface area contributed by atoms with Gasteiger partial charge in [-0.25, -0.2) is 0 Å². The summed E-state index contributed by atoms with van der Waals surface area (Å²) in [5.41, 5.74) is 0. The first-order chi connectivity index (χ1) is 7.20. The highest BCUT2D eigenvalue weighted by Gasteiger charge is 2.42. The van der Waals surface area contributed by atoms with Gasteiger partial charge in [0, 0.05) is 5.92 Å². The van der Waals surface area contributed by atoms with E-state index in [9.17, 15) is 9.59 Å². The summed E-state index contributed by atoms with van der Waals surface area (Å²) in [6, 6.07) is 0. The molecule has 0 saturated heterocycles. The fourth-order valence-electron chi connectivity index (χ4n) is 2.93.